The number of hydrogen-bond acceptors (Lipinski definition) is 4. The molecule has 23 heavy (non-hydrogen) atoms. The Morgan fingerprint density at radius 2 is 1.87 bits per heavy atom. The highest BCUT2D eigenvalue weighted by Gasteiger charge is 2.38. The SMILES string of the molecule is COC(=O)C1CC[NH+]([C@@H](C)C(=O)NC2(C#N)CCCCC2)CC1. The minimum absolute atomic E-state index is 0.0391. The quantitative estimate of drug-likeness (QED) is 0.724. The van der Waals surface area contributed by atoms with Gasteiger partial charge in [0.2, 0.25) is 0 Å². The van der Waals surface area contributed by atoms with E-state index in [-0.39, 0.29) is 23.8 Å². The molecule has 1 aliphatic heterocycles. The van der Waals surface area contributed by atoms with Gasteiger partial charge in [0.15, 0.2) is 6.04 Å². The predicted molar refractivity (Wildman–Crippen MR) is 84.5 cm³/mol. The largest absolute Gasteiger partial charge is 0.469 e. The Balaban J connectivity index is 1.88. The Labute approximate surface area is 138 Å². The van der Waals surface area contributed by atoms with Crippen molar-refractivity contribution in [3.63, 3.8) is 0 Å². The van der Waals surface area contributed by atoms with E-state index in [1.807, 2.05) is 6.92 Å². The van der Waals surface area contributed by atoms with Crippen molar-refractivity contribution in [2.75, 3.05) is 20.2 Å². The number of likely N-dealkylation sites (tertiary alicyclic amines) is 1. The smallest absolute Gasteiger partial charge is 0.309 e. The van der Waals surface area contributed by atoms with Crippen LogP contribution in [0.2, 0.25) is 0 Å². The zero-order valence-corrected chi connectivity index (χ0v) is 14.2. The topological polar surface area (TPSA) is 83.6 Å². The molecule has 1 aliphatic carbocycles. The van der Waals surface area contributed by atoms with Gasteiger partial charge in [0.25, 0.3) is 5.91 Å². The van der Waals surface area contributed by atoms with E-state index < -0.39 is 5.54 Å². The van der Waals surface area contributed by atoms with Crippen LogP contribution in [-0.4, -0.2) is 43.7 Å². The molecule has 0 spiro atoms. The van der Waals surface area contributed by atoms with Crippen molar-refractivity contribution >= 4 is 11.9 Å². The lowest BCUT2D eigenvalue weighted by molar-refractivity contribution is -0.919. The van der Waals surface area contributed by atoms with Crippen LogP contribution in [0.4, 0.5) is 0 Å². The monoisotopic (exact) mass is 322 g/mol. The van der Waals surface area contributed by atoms with Gasteiger partial charge in [-0.25, -0.2) is 0 Å². The van der Waals surface area contributed by atoms with Gasteiger partial charge >= 0.3 is 5.97 Å². The molecule has 1 atom stereocenters. The first kappa shape index (κ1) is 17.7. The van der Waals surface area contributed by atoms with E-state index in [9.17, 15) is 14.9 Å². The van der Waals surface area contributed by atoms with Crippen LogP contribution in [0.3, 0.4) is 0 Å². The Kier molecular flexibility index (Phi) is 6.00. The first-order valence-electron chi connectivity index (χ1n) is 8.67. The molecule has 1 heterocycles. The third kappa shape index (κ3) is 4.23. The first-order valence-corrected chi connectivity index (χ1v) is 8.67. The zero-order chi connectivity index (χ0) is 16.9. The lowest BCUT2D eigenvalue weighted by Gasteiger charge is -2.35. The van der Waals surface area contributed by atoms with Crippen LogP contribution in [0.5, 0.6) is 0 Å². The Morgan fingerprint density at radius 1 is 1.26 bits per heavy atom. The number of amides is 1. The predicted octanol–water partition coefficient (Wildman–Crippen LogP) is 0.185. The fraction of sp³-hybridized carbons (Fsp3) is 0.824. The molecule has 2 fully saturated rings. The number of ether oxygens (including phenoxy) is 1. The summed E-state index contributed by atoms with van der Waals surface area (Å²) in [5, 5.41) is 12.5. The van der Waals surface area contributed by atoms with Gasteiger partial charge in [-0.1, -0.05) is 19.3 Å². The lowest BCUT2D eigenvalue weighted by Crippen LogP contribution is -3.17. The molecule has 0 unspecified atom stereocenters. The van der Waals surface area contributed by atoms with E-state index in [0.717, 1.165) is 58.0 Å². The second-order valence-corrected chi connectivity index (χ2v) is 6.92. The molecule has 2 aliphatic rings. The molecule has 0 aromatic heterocycles. The van der Waals surface area contributed by atoms with Crippen LogP contribution < -0.4 is 10.2 Å². The molecule has 1 amide bonds. The van der Waals surface area contributed by atoms with Gasteiger partial charge in [0, 0.05) is 12.8 Å². The highest BCUT2D eigenvalue weighted by Crippen LogP contribution is 2.27. The van der Waals surface area contributed by atoms with Crippen LogP contribution in [0.15, 0.2) is 0 Å². The summed E-state index contributed by atoms with van der Waals surface area (Å²) in [5.41, 5.74) is -0.673. The van der Waals surface area contributed by atoms with Gasteiger partial charge < -0.3 is 15.0 Å². The summed E-state index contributed by atoms with van der Waals surface area (Å²) in [6, 6.07) is 2.14. The summed E-state index contributed by atoms with van der Waals surface area (Å²) >= 11 is 0. The van der Waals surface area contributed by atoms with E-state index in [0.29, 0.717) is 0 Å². The number of esters is 1. The third-order valence-electron chi connectivity index (χ3n) is 5.45. The van der Waals surface area contributed by atoms with Crippen molar-refractivity contribution in [2.45, 2.75) is 63.5 Å². The van der Waals surface area contributed by atoms with E-state index in [2.05, 4.69) is 11.4 Å². The van der Waals surface area contributed by atoms with Crippen molar-refractivity contribution in [1.29, 1.82) is 5.26 Å². The van der Waals surface area contributed by atoms with Crippen molar-refractivity contribution in [2.24, 2.45) is 5.92 Å². The van der Waals surface area contributed by atoms with Gasteiger partial charge in [-0.3, -0.25) is 9.59 Å². The molecule has 6 heteroatoms. The Morgan fingerprint density at radius 3 is 2.39 bits per heavy atom. The van der Waals surface area contributed by atoms with Gasteiger partial charge in [-0.05, 0) is 19.8 Å². The number of methoxy groups -OCH3 is 1. The zero-order valence-electron chi connectivity index (χ0n) is 14.2. The molecule has 0 radical (unpaired) electrons. The maximum absolute atomic E-state index is 12.6. The summed E-state index contributed by atoms with van der Waals surface area (Å²) in [6.07, 6.45) is 6.15. The molecule has 128 valence electrons. The summed E-state index contributed by atoms with van der Waals surface area (Å²) in [4.78, 5) is 25.3. The van der Waals surface area contributed by atoms with E-state index in [1.165, 1.54) is 12.0 Å². The highest BCUT2D eigenvalue weighted by molar-refractivity contribution is 5.81. The Hall–Kier alpha value is -1.61. The summed E-state index contributed by atoms with van der Waals surface area (Å²) < 4.78 is 4.80. The maximum Gasteiger partial charge on any atom is 0.309 e. The first-order chi connectivity index (χ1) is 11.0. The standard InChI is InChI=1S/C17H27N3O3/c1-13(20-10-6-14(7-11-20)16(22)23-2)15(21)19-17(12-18)8-4-3-5-9-17/h13-14H,3-11H2,1-2H3,(H,19,21)/p+1/t13-/m0/s1. The van der Waals surface area contributed by atoms with Crippen LogP contribution in [-0.2, 0) is 14.3 Å². The van der Waals surface area contributed by atoms with Gasteiger partial charge in [0.1, 0.15) is 5.54 Å². The number of nitrogens with zero attached hydrogens (tertiary/aromatic N) is 1. The number of carbonyl (C=O) groups is 2. The van der Waals surface area contributed by atoms with E-state index in [4.69, 9.17) is 4.74 Å². The molecule has 2 rings (SSSR count). The fourth-order valence-corrected chi connectivity index (χ4v) is 3.77. The van der Waals surface area contributed by atoms with Crippen LogP contribution in [0, 0.1) is 17.2 Å². The number of piperidine rings is 1. The number of carbonyl (C=O) groups excluding carboxylic acids is 2. The number of quaternary nitrogens is 1. The molecular formula is C17H28N3O3+. The minimum atomic E-state index is -0.673. The van der Waals surface area contributed by atoms with Gasteiger partial charge in [-0.15, -0.1) is 0 Å². The summed E-state index contributed by atoms with van der Waals surface area (Å²) in [6.45, 7) is 3.48. The van der Waals surface area contributed by atoms with Gasteiger partial charge in [-0.2, -0.15) is 5.26 Å². The summed E-state index contributed by atoms with van der Waals surface area (Å²) in [5.74, 6) is -0.227. The lowest BCUT2D eigenvalue weighted by atomic mass is 9.82. The summed E-state index contributed by atoms with van der Waals surface area (Å²) in [7, 11) is 1.42. The highest BCUT2D eigenvalue weighted by atomic mass is 16.5. The van der Waals surface area contributed by atoms with Crippen molar-refractivity contribution in [1.82, 2.24) is 5.32 Å². The van der Waals surface area contributed by atoms with Crippen LogP contribution in [0.1, 0.15) is 51.9 Å². The van der Waals surface area contributed by atoms with Crippen molar-refractivity contribution < 1.29 is 19.2 Å². The molecule has 0 aromatic carbocycles. The average Bonchev–Trinajstić information content (AvgIpc) is 2.61. The second kappa shape index (κ2) is 7.78. The molecular weight excluding hydrogens is 294 g/mol. The minimum Gasteiger partial charge on any atom is -0.469 e. The number of nitrogens with one attached hydrogen (secondary N) is 2. The molecule has 6 nitrogen and oxygen atoms in total. The third-order valence-corrected chi connectivity index (χ3v) is 5.45. The van der Waals surface area contributed by atoms with Crippen LogP contribution in [0.25, 0.3) is 0 Å². The number of nitriles is 1. The molecule has 0 bridgehead atoms. The molecule has 2 N–H and O–H groups in total. The normalized spacial score (nSPS) is 28.2. The maximum atomic E-state index is 12.6. The molecule has 1 saturated carbocycles. The second-order valence-electron chi connectivity index (χ2n) is 6.92. The van der Waals surface area contributed by atoms with E-state index in [1.54, 1.807) is 0 Å². The van der Waals surface area contributed by atoms with Crippen LogP contribution >= 0.6 is 0 Å². The van der Waals surface area contributed by atoms with Gasteiger partial charge in [0.05, 0.1) is 32.2 Å². The fourth-order valence-electron chi connectivity index (χ4n) is 3.77. The molecule has 1 saturated heterocycles. The van der Waals surface area contributed by atoms with Crippen molar-refractivity contribution in [3.8, 4) is 6.07 Å². The average molecular weight is 322 g/mol. The number of hydrogen-bond donors (Lipinski definition) is 2. The van der Waals surface area contributed by atoms with Crippen molar-refractivity contribution in [3.05, 3.63) is 0 Å². The van der Waals surface area contributed by atoms with E-state index >= 15 is 0 Å². The Bertz CT molecular complexity index is 472. The number of rotatable bonds is 4. The molecule has 0 aromatic rings.